The second-order valence-corrected chi connectivity index (χ2v) is 6.81. The fourth-order valence-electron chi connectivity index (χ4n) is 1.54. The number of benzene rings is 1. The third-order valence-corrected chi connectivity index (χ3v) is 3.52. The number of carbonyl (C=O) groups is 1. The van der Waals surface area contributed by atoms with Gasteiger partial charge in [-0.2, -0.15) is 0 Å². The first-order chi connectivity index (χ1) is 9.10. The maximum absolute atomic E-state index is 12.0. The molecule has 2 unspecified atom stereocenters. The molecule has 0 saturated heterocycles. The van der Waals surface area contributed by atoms with Crippen LogP contribution in [-0.4, -0.2) is 26.6 Å². The van der Waals surface area contributed by atoms with Gasteiger partial charge < -0.3 is 11.1 Å². The van der Waals surface area contributed by atoms with Gasteiger partial charge in [0.2, 0.25) is 15.9 Å². The molecule has 112 valence electrons. The van der Waals surface area contributed by atoms with Gasteiger partial charge in [0.25, 0.3) is 0 Å². The lowest BCUT2D eigenvalue weighted by atomic mass is 10.0. The van der Waals surface area contributed by atoms with Gasteiger partial charge in [0.05, 0.1) is 23.5 Å². The molecule has 0 heterocycles. The van der Waals surface area contributed by atoms with Crippen LogP contribution in [0.4, 0.5) is 11.4 Å². The minimum Gasteiger partial charge on any atom is -0.327 e. The Morgan fingerprint density at radius 2 is 1.85 bits per heavy atom. The highest BCUT2D eigenvalue weighted by atomic mass is 32.2. The number of nitrogens with two attached hydrogens (primary N) is 1. The Morgan fingerprint density at radius 1 is 1.25 bits per heavy atom. The zero-order valence-corrected chi connectivity index (χ0v) is 12.9. The van der Waals surface area contributed by atoms with Crippen molar-refractivity contribution in [1.29, 1.82) is 0 Å². The Bertz CT molecular complexity index is 597. The van der Waals surface area contributed by atoms with Gasteiger partial charge in [0, 0.05) is 6.04 Å². The topological polar surface area (TPSA) is 101 Å². The maximum Gasteiger partial charge on any atom is 0.229 e. The van der Waals surface area contributed by atoms with Crippen LogP contribution in [0.2, 0.25) is 0 Å². The van der Waals surface area contributed by atoms with Gasteiger partial charge in [-0.3, -0.25) is 9.52 Å². The lowest BCUT2D eigenvalue weighted by Crippen LogP contribution is -2.34. The molecule has 0 radical (unpaired) electrons. The number of amides is 1. The van der Waals surface area contributed by atoms with E-state index >= 15 is 0 Å². The summed E-state index contributed by atoms with van der Waals surface area (Å²) in [7, 11) is -3.41. The van der Waals surface area contributed by atoms with E-state index in [1.54, 1.807) is 32.0 Å². The van der Waals surface area contributed by atoms with E-state index in [-0.39, 0.29) is 17.9 Å². The van der Waals surface area contributed by atoms with Crippen molar-refractivity contribution in [2.45, 2.75) is 26.8 Å². The summed E-state index contributed by atoms with van der Waals surface area (Å²) in [4.78, 5) is 12.0. The average molecular weight is 299 g/mol. The fourth-order valence-corrected chi connectivity index (χ4v) is 2.11. The highest BCUT2D eigenvalue weighted by Gasteiger charge is 2.18. The van der Waals surface area contributed by atoms with E-state index in [2.05, 4.69) is 10.0 Å². The third-order valence-electron chi connectivity index (χ3n) is 2.93. The van der Waals surface area contributed by atoms with Crippen molar-refractivity contribution in [2.24, 2.45) is 11.7 Å². The van der Waals surface area contributed by atoms with Crippen LogP contribution in [-0.2, 0) is 14.8 Å². The average Bonchev–Trinajstić information content (AvgIpc) is 2.29. The van der Waals surface area contributed by atoms with Crippen LogP contribution < -0.4 is 15.8 Å². The zero-order chi connectivity index (χ0) is 15.5. The Hall–Kier alpha value is -1.60. The molecule has 6 nitrogen and oxygen atoms in total. The molecule has 0 bridgehead atoms. The summed E-state index contributed by atoms with van der Waals surface area (Å²) in [6, 6.07) is 4.80. The zero-order valence-electron chi connectivity index (χ0n) is 12.1. The molecule has 1 rings (SSSR count). The first kappa shape index (κ1) is 16.5. The molecule has 4 N–H and O–H groups in total. The number of anilines is 2. The molecule has 0 aliphatic carbocycles. The Morgan fingerprint density at radius 3 is 2.35 bits per heavy atom. The van der Waals surface area contributed by atoms with Crippen LogP contribution >= 0.6 is 0 Å². The van der Waals surface area contributed by atoms with Gasteiger partial charge in [-0.05, 0) is 31.5 Å². The van der Waals surface area contributed by atoms with Crippen LogP contribution in [0.3, 0.4) is 0 Å². The Balaban J connectivity index is 3.04. The molecule has 0 spiro atoms. The number of sulfonamides is 1. The van der Waals surface area contributed by atoms with Crippen LogP contribution in [0.25, 0.3) is 0 Å². The minimum absolute atomic E-state index is 0.248. The van der Waals surface area contributed by atoms with Crippen LogP contribution in [0, 0.1) is 12.8 Å². The standard InChI is InChI=1S/C13H21N3O3S/c1-8-5-6-11(16-20(4,18)19)12(7-8)15-13(17)9(2)10(3)14/h5-7,9-10,16H,14H2,1-4H3,(H,15,17). The molecule has 0 aromatic heterocycles. The predicted molar refractivity (Wildman–Crippen MR) is 81.1 cm³/mol. The molecular weight excluding hydrogens is 278 g/mol. The molecule has 1 amide bonds. The Kier molecular flexibility index (Phi) is 5.13. The normalized spacial score (nSPS) is 14.4. The predicted octanol–water partition coefficient (Wildman–Crippen LogP) is 1.29. The molecule has 1 aromatic carbocycles. The van der Waals surface area contributed by atoms with Gasteiger partial charge in [0.15, 0.2) is 0 Å². The van der Waals surface area contributed by atoms with Gasteiger partial charge in [-0.15, -0.1) is 0 Å². The molecule has 7 heteroatoms. The number of aryl methyl sites for hydroxylation is 1. The summed E-state index contributed by atoms with van der Waals surface area (Å²) in [6.45, 7) is 5.32. The van der Waals surface area contributed by atoms with Crippen molar-refractivity contribution < 1.29 is 13.2 Å². The van der Waals surface area contributed by atoms with Crippen molar-refractivity contribution in [2.75, 3.05) is 16.3 Å². The number of hydrogen-bond donors (Lipinski definition) is 3. The molecule has 20 heavy (non-hydrogen) atoms. The Labute approximate surface area is 119 Å². The highest BCUT2D eigenvalue weighted by molar-refractivity contribution is 7.92. The second kappa shape index (κ2) is 6.23. The summed E-state index contributed by atoms with van der Waals surface area (Å²) >= 11 is 0. The third kappa shape index (κ3) is 4.82. The lowest BCUT2D eigenvalue weighted by molar-refractivity contribution is -0.119. The van der Waals surface area contributed by atoms with E-state index < -0.39 is 10.0 Å². The van der Waals surface area contributed by atoms with E-state index in [1.165, 1.54) is 0 Å². The van der Waals surface area contributed by atoms with Gasteiger partial charge in [-0.1, -0.05) is 13.0 Å². The van der Waals surface area contributed by atoms with Crippen LogP contribution in [0.1, 0.15) is 19.4 Å². The van der Waals surface area contributed by atoms with Gasteiger partial charge >= 0.3 is 0 Å². The maximum atomic E-state index is 12.0. The smallest absolute Gasteiger partial charge is 0.229 e. The van der Waals surface area contributed by atoms with E-state index in [0.717, 1.165) is 11.8 Å². The van der Waals surface area contributed by atoms with Crippen molar-refractivity contribution in [1.82, 2.24) is 0 Å². The number of nitrogens with one attached hydrogen (secondary N) is 2. The first-order valence-corrected chi connectivity index (χ1v) is 8.14. The van der Waals surface area contributed by atoms with Crippen molar-refractivity contribution in [3.63, 3.8) is 0 Å². The summed E-state index contributed by atoms with van der Waals surface area (Å²) in [5, 5.41) is 2.71. The highest BCUT2D eigenvalue weighted by Crippen LogP contribution is 2.24. The van der Waals surface area contributed by atoms with Crippen LogP contribution in [0.15, 0.2) is 18.2 Å². The first-order valence-electron chi connectivity index (χ1n) is 6.25. The number of rotatable bonds is 5. The summed E-state index contributed by atoms with van der Waals surface area (Å²) in [6.07, 6.45) is 1.06. The molecule has 0 aliphatic rings. The number of carbonyl (C=O) groups excluding carboxylic acids is 1. The SMILES string of the molecule is Cc1ccc(NS(C)(=O)=O)c(NC(=O)C(C)C(C)N)c1. The minimum atomic E-state index is -3.41. The van der Waals surface area contributed by atoms with Gasteiger partial charge in [-0.25, -0.2) is 8.42 Å². The number of hydrogen-bond acceptors (Lipinski definition) is 4. The summed E-state index contributed by atoms with van der Waals surface area (Å²) < 4.78 is 25.0. The molecule has 2 atom stereocenters. The van der Waals surface area contributed by atoms with Crippen LogP contribution in [0.5, 0.6) is 0 Å². The quantitative estimate of drug-likeness (QED) is 0.762. The summed E-state index contributed by atoms with van der Waals surface area (Å²) in [5.74, 6) is -0.622. The molecule has 0 fully saturated rings. The fraction of sp³-hybridized carbons (Fsp3) is 0.462. The largest absolute Gasteiger partial charge is 0.327 e. The molecule has 1 aromatic rings. The van der Waals surface area contributed by atoms with Crippen molar-refractivity contribution >= 4 is 27.3 Å². The molecule has 0 saturated carbocycles. The monoisotopic (exact) mass is 299 g/mol. The second-order valence-electron chi connectivity index (χ2n) is 5.06. The summed E-state index contributed by atoms with van der Waals surface area (Å²) in [5.41, 5.74) is 7.36. The van der Waals surface area contributed by atoms with E-state index in [0.29, 0.717) is 11.4 Å². The van der Waals surface area contributed by atoms with E-state index in [1.807, 2.05) is 6.92 Å². The molecule has 0 aliphatic heterocycles. The van der Waals surface area contributed by atoms with Crippen molar-refractivity contribution in [3.8, 4) is 0 Å². The lowest BCUT2D eigenvalue weighted by Gasteiger charge is -2.18. The van der Waals surface area contributed by atoms with Gasteiger partial charge in [0.1, 0.15) is 0 Å². The molecular formula is C13H21N3O3S. The van der Waals surface area contributed by atoms with E-state index in [9.17, 15) is 13.2 Å². The van der Waals surface area contributed by atoms with Crippen molar-refractivity contribution in [3.05, 3.63) is 23.8 Å². The van der Waals surface area contributed by atoms with E-state index in [4.69, 9.17) is 5.73 Å².